The molecule has 4 aliphatic heterocycles. The Morgan fingerprint density at radius 1 is 1.19 bits per heavy atom. The molecule has 2 aromatic rings. The zero-order valence-electron chi connectivity index (χ0n) is 20.9. The Morgan fingerprint density at radius 2 is 2.00 bits per heavy atom. The van der Waals surface area contributed by atoms with Crippen LogP contribution in [0.25, 0.3) is 0 Å². The van der Waals surface area contributed by atoms with E-state index in [9.17, 15) is 5.11 Å². The van der Waals surface area contributed by atoms with Crippen LogP contribution in [0.1, 0.15) is 45.2 Å². The Bertz CT molecular complexity index is 1150. The molecule has 6 rings (SSSR count). The molecule has 0 aliphatic carbocycles. The van der Waals surface area contributed by atoms with Crippen LogP contribution in [0.15, 0.2) is 22.2 Å². The number of anilines is 3. The van der Waals surface area contributed by atoms with Crippen molar-refractivity contribution in [2.24, 2.45) is 11.1 Å². The summed E-state index contributed by atoms with van der Waals surface area (Å²) in [6.07, 6.45) is 5.87. The van der Waals surface area contributed by atoms with Crippen molar-refractivity contribution in [1.29, 1.82) is 0 Å². The van der Waals surface area contributed by atoms with Gasteiger partial charge in [0.15, 0.2) is 17.4 Å². The topological polar surface area (TPSA) is 136 Å². The zero-order chi connectivity index (χ0) is 25.1. The van der Waals surface area contributed by atoms with E-state index < -0.39 is 0 Å². The first-order valence-corrected chi connectivity index (χ1v) is 13.6. The maximum Gasteiger partial charge on any atom is 0.176 e. The molecule has 0 radical (unpaired) electrons. The molecular formula is C25H35N7O3S. The first kappa shape index (κ1) is 24.0. The van der Waals surface area contributed by atoms with Crippen LogP contribution in [0.3, 0.4) is 0 Å². The number of aliphatic hydroxyl groups is 1. The third-order valence-corrected chi connectivity index (χ3v) is 9.30. The zero-order valence-corrected chi connectivity index (χ0v) is 21.8. The minimum Gasteiger partial charge on any atom is -0.486 e. The summed E-state index contributed by atoms with van der Waals surface area (Å²) in [5, 5.41) is 10.8. The number of pyridine rings is 1. The molecule has 10 nitrogen and oxygen atoms in total. The van der Waals surface area contributed by atoms with Crippen molar-refractivity contribution < 1.29 is 14.6 Å². The van der Waals surface area contributed by atoms with Crippen LogP contribution < -0.4 is 26.0 Å². The summed E-state index contributed by atoms with van der Waals surface area (Å²) < 4.78 is 12.2. The Kier molecular flexibility index (Phi) is 5.94. The Labute approximate surface area is 215 Å². The van der Waals surface area contributed by atoms with E-state index in [0.29, 0.717) is 35.8 Å². The molecule has 2 aromatic heterocycles. The van der Waals surface area contributed by atoms with Crippen LogP contribution in [0.5, 0.6) is 5.75 Å². The van der Waals surface area contributed by atoms with E-state index in [0.717, 1.165) is 67.6 Å². The quantitative estimate of drug-likeness (QED) is 0.555. The number of aliphatic hydroxyl groups excluding tert-OH is 1. The van der Waals surface area contributed by atoms with Crippen molar-refractivity contribution in [1.82, 2.24) is 15.0 Å². The predicted octanol–water partition coefficient (Wildman–Crippen LogP) is 2.18. The molecule has 3 saturated heterocycles. The molecule has 5 N–H and O–H groups in total. The third-order valence-electron chi connectivity index (χ3n) is 8.37. The van der Waals surface area contributed by atoms with Crippen molar-refractivity contribution in [3.8, 4) is 5.75 Å². The molecule has 0 aromatic carbocycles. The van der Waals surface area contributed by atoms with E-state index >= 15 is 0 Å². The highest BCUT2D eigenvalue weighted by Gasteiger charge is 2.53. The number of ether oxygens (including phenoxy) is 2. The number of hydrogen-bond donors (Lipinski definition) is 3. The van der Waals surface area contributed by atoms with Gasteiger partial charge in [0.05, 0.1) is 35.9 Å². The van der Waals surface area contributed by atoms with E-state index in [-0.39, 0.29) is 23.7 Å². The maximum absolute atomic E-state index is 10.2. The molecule has 1 spiro atoms. The van der Waals surface area contributed by atoms with Crippen LogP contribution in [0, 0.1) is 5.41 Å². The fraction of sp³-hybridized carbons (Fsp3) is 0.640. The van der Waals surface area contributed by atoms with Crippen molar-refractivity contribution in [2.45, 2.75) is 73.7 Å². The molecule has 0 saturated carbocycles. The van der Waals surface area contributed by atoms with Gasteiger partial charge in [-0.15, -0.1) is 0 Å². The lowest BCUT2D eigenvalue weighted by Crippen LogP contribution is -2.54. The van der Waals surface area contributed by atoms with Crippen LogP contribution >= 0.6 is 11.8 Å². The number of piperidine rings is 1. The van der Waals surface area contributed by atoms with E-state index in [1.807, 2.05) is 6.07 Å². The largest absolute Gasteiger partial charge is 0.486 e. The molecule has 194 valence electrons. The Morgan fingerprint density at radius 3 is 2.72 bits per heavy atom. The fourth-order valence-electron chi connectivity index (χ4n) is 6.19. The molecular weight excluding hydrogens is 478 g/mol. The molecule has 0 unspecified atom stereocenters. The van der Waals surface area contributed by atoms with Crippen LogP contribution in [-0.4, -0.2) is 70.6 Å². The highest BCUT2D eigenvalue weighted by molar-refractivity contribution is 7.99. The molecule has 11 heteroatoms. The average Bonchev–Trinajstić information content (AvgIpc) is 3.44. The van der Waals surface area contributed by atoms with Gasteiger partial charge in [-0.1, -0.05) is 11.8 Å². The molecule has 3 fully saturated rings. The second-order valence-electron chi connectivity index (χ2n) is 11.0. The predicted molar refractivity (Wildman–Crippen MR) is 138 cm³/mol. The summed E-state index contributed by atoms with van der Waals surface area (Å²) >= 11 is 1.44. The smallest absolute Gasteiger partial charge is 0.176 e. The SMILES string of the molecule is CC1(C)OCC2(CCN(c3ncc(Sc4cc(N)nc5c4OC[C@@H]4CCCN54)nc3CO)CC2)[C@@H]1N. The standard InChI is InChI=1S/C25H35N7O3S/c1-24(2)23(27)25(14-35-24)5-8-31(9-6-25)21-16(12-33)29-19(11-28-21)36-17-10-18(26)30-22-20(17)34-13-15-4-3-7-32(15)22/h10-11,15,23,33H,3-9,12-14,27H2,1-2H3,(H2,26,30)/t15-,23+/m0/s1. The van der Waals surface area contributed by atoms with Gasteiger partial charge in [-0.25, -0.2) is 15.0 Å². The van der Waals surface area contributed by atoms with Gasteiger partial charge >= 0.3 is 0 Å². The number of nitrogens with zero attached hydrogens (tertiary/aromatic N) is 5. The molecule has 6 heterocycles. The molecule has 2 atom stereocenters. The summed E-state index contributed by atoms with van der Waals surface area (Å²) in [6.45, 7) is 7.90. The van der Waals surface area contributed by atoms with E-state index in [4.69, 9.17) is 30.9 Å². The number of nitrogens with two attached hydrogens (primary N) is 2. The van der Waals surface area contributed by atoms with E-state index in [2.05, 4.69) is 28.6 Å². The van der Waals surface area contributed by atoms with Crippen molar-refractivity contribution >= 4 is 29.2 Å². The lowest BCUT2D eigenvalue weighted by molar-refractivity contribution is 0.0248. The normalized spacial score (nSPS) is 26.1. The van der Waals surface area contributed by atoms with Gasteiger partial charge in [-0.05, 0) is 45.6 Å². The average molecular weight is 514 g/mol. The minimum atomic E-state index is -0.300. The van der Waals surface area contributed by atoms with Gasteiger partial charge in [-0.3, -0.25) is 0 Å². The van der Waals surface area contributed by atoms with Gasteiger partial charge in [0.1, 0.15) is 23.1 Å². The van der Waals surface area contributed by atoms with Crippen LogP contribution in [0.2, 0.25) is 0 Å². The van der Waals surface area contributed by atoms with Crippen LogP contribution in [0.4, 0.5) is 17.5 Å². The maximum atomic E-state index is 10.2. The van der Waals surface area contributed by atoms with Gasteiger partial charge in [0, 0.05) is 31.1 Å². The van der Waals surface area contributed by atoms with Crippen molar-refractivity contribution in [3.05, 3.63) is 18.0 Å². The Hall–Kier alpha value is -2.34. The van der Waals surface area contributed by atoms with Gasteiger partial charge < -0.3 is 35.8 Å². The Balaban J connectivity index is 1.21. The van der Waals surface area contributed by atoms with E-state index in [1.54, 1.807) is 6.20 Å². The number of rotatable bonds is 4. The van der Waals surface area contributed by atoms with Crippen LogP contribution in [-0.2, 0) is 11.3 Å². The molecule has 0 amide bonds. The number of hydrogen-bond acceptors (Lipinski definition) is 11. The summed E-state index contributed by atoms with van der Waals surface area (Å²) in [4.78, 5) is 19.5. The minimum absolute atomic E-state index is 0.00266. The van der Waals surface area contributed by atoms with E-state index in [1.165, 1.54) is 11.8 Å². The van der Waals surface area contributed by atoms with Crippen molar-refractivity contribution in [3.63, 3.8) is 0 Å². The first-order valence-electron chi connectivity index (χ1n) is 12.8. The number of nitrogen functional groups attached to an aromatic ring is 1. The summed E-state index contributed by atoms with van der Waals surface area (Å²) in [7, 11) is 0. The number of aromatic nitrogens is 3. The summed E-state index contributed by atoms with van der Waals surface area (Å²) in [5.41, 5.74) is 13.0. The summed E-state index contributed by atoms with van der Waals surface area (Å²) in [6, 6.07) is 2.20. The third kappa shape index (κ3) is 3.96. The van der Waals surface area contributed by atoms with Crippen molar-refractivity contribution in [2.75, 3.05) is 48.4 Å². The summed E-state index contributed by atoms with van der Waals surface area (Å²) in [5.74, 6) is 2.76. The second-order valence-corrected chi connectivity index (χ2v) is 12.0. The van der Waals surface area contributed by atoms with Gasteiger partial charge in [0.25, 0.3) is 0 Å². The molecule has 4 aliphatic rings. The number of fused-ring (bicyclic) bond motifs is 3. The lowest BCUT2D eigenvalue weighted by Gasteiger charge is -2.43. The fourth-order valence-corrected chi connectivity index (χ4v) is 7.10. The molecule has 36 heavy (non-hydrogen) atoms. The van der Waals surface area contributed by atoms with Gasteiger partial charge in [0.2, 0.25) is 0 Å². The lowest BCUT2D eigenvalue weighted by atomic mass is 9.71. The monoisotopic (exact) mass is 513 g/mol. The molecule has 0 bridgehead atoms. The van der Waals surface area contributed by atoms with Gasteiger partial charge in [-0.2, -0.15) is 0 Å². The highest BCUT2D eigenvalue weighted by atomic mass is 32.2. The first-order chi connectivity index (χ1) is 17.3. The highest BCUT2D eigenvalue weighted by Crippen LogP contribution is 2.47. The second kappa shape index (κ2) is 8.90.